The summed E-state index contributed by atoms with van der Waals surface area (Å²) in [6.07, 6.45) is 6.52. The van der Waals surface area contributed by atoms with Crippen LogP contribution in [0, 0.1) is 0 Å². The van der Waals surface area contributed by atoms with Crippen molar-refractivity contribution in [3.8, 4) is 0 Å². The van der Waals surface area contributed by atoms with Crippen LogP contribution in [0.5, 0.6) is 0 Å². The lowest BCUT2D eigenvalue weighted by atomic mass is 10.1. The molecule has 0 aliphatic heterocycles. The number of unbranched alkanes of at least 4 members (excludes halogenated alkanes) is 1. The van der Waals surface area contributed by atoms with Gasteiger partial charge in [0.2, 0.25) is 5.91 Å². The van der Waals surface area contributed by atoms with Crippen molar-refractivity contribution in [1.82, 2.24) is 10.3 Å². The highest BCUT2D eigenvalue weighted by molar-refractivity contribution is 5.81. The van der Waals surface area contributed by atoms with Crippen LogP contribution in [0.1, 0.15) is 31.7 Å². The fraction of sp³-hybridized carbons (Fsp3) is 0.545. The van der Waals surface area contributed by atoms with Crippen LogP contribution in [0.25, 0.3) is 0 Å². The number of amides is 1. The minimum atomic E-state index is -0.371. The molecule has 1 aromatic rings. The van der Waals surface area contributed by atoms with E-state index < -0.39 is 0 Å². The lowest BCUT2D eigenvalue weighted by Gasteiger charge is -2.10. The molecule has 0 bridgehead atoms. The molecule has 1 unspecified atom stereocenters. The van der Waals surface area contributed by atoms with E-state index in [2.05, 4.69) is 17.2 Å². The molecule has 1 heterocycles. The van der Waals surface area contributed by atoms with Crippen molar-refractivity contribution >= 4 is 5.91 Å². The molecule has 15 heavy (non-hydrogen) atoms. The van der Waals surface area contributed by atoms with Crippen molar-refractivity contribution in [3.63, 3.8) is 0 Å². The van der Waals surface area contributed by atoms with E-state index in [1.54, 1.807) is 0 Å². The van der Waals surface area contributed by atoms with E-state index in [9.17, 15) is 4.79 Å². The van der Waals surface area contributed by atoms with Gasteiger partial charge in [-0.25, -0.2) is 0 Å². The highest BCUT2D eigenvalue weighted by Crippen LogP contribution is 1.99. The zero-order valence-electron chi connectivity index (χ0n) is 9.12. The molecule has 0 spiro atoms. The number of hydrogen-bond acceptors (Lipinski definition) is 2. The van der Waals surface area contributed by atoms with Gasteiger partial charge in [0.25, 0.3) is 0 Å². The van der Waals surface area contributed by atoms with Crippen LogP contribution in [0.2, 0.25) is 0 Å². The number of aromatic nitrogens is 1. The average Bonchev–Trinajstić information content (AvgIpc) is 2.75. The Labute approximate surface area is 90.2 Å². The smallest absolute Gasteiger partial charge is 0.237 e. The summed E-state index contributed by atoms with van der Waals surface area (Å²) in [6.45, 7) is 2.63. The van der Waals surface area contributed by atoms with Gasteiger partial charge < -0.3 is 16.0 Å². The molecular weight excluding hydrogens is 190 g/mol. The van der Waals surface area contributed by atoms with Gasteiger partial charge in [0.1, 0.15) is 0 Å². The summed E-state index contributed by atoms with van der Waals surface area (Å²) < 4.78 is 0. The van der Waals surface area contributed by atoms with Gasteiger partial charge in [0.05, 0.1) is 6.04 Å². The monoisotopic (exact) mass is 209 g/mol. The van der Waals surface area contributed by atoms with Gasteiger partial charge in [-0.2, -0.15) is 0 Å². The zero-order valence-corrected chi connectivity index (χ0v) is 9.12. The largest absolute Gasteiger partial charge is 0.367 e. The molecule has 4 N–H and O–H groups in total. The number of carbonyl (C=O) groups is 1. The Hall–Kier alpha value is -1.29. The van der Waals surface area contributed by atoms with E-state index in [1.165, 1.54) is 0 Å². The molecule has 1 rings (SSSR count). The van der Waals surface area contributed by atoms with E-state index in [0.717, 1.165) is 24.8 Å². The van der Waals surface area contributed by atoms with Crippen molar-refractivity contribution in [2.45, 2.75) is 38.8 Å². The van der Waals surface area contributed by atoms with E-state index in [-0.39, 0.29) is 11.9 Å². The predicted octanol–water partition coefficient (Wildman–Crippen LogP) is 1.15. The maximum atomic E-state index is 11.5. The Morgan fingerprint density at radius 1 is 1.67 bits per heavy atom. The number of nitrogens with one attached hydrogen (secondary N) is 2. The van der Waals surface area contributed by atoms with Crippen LogP contribution in [0.4, 0.5) is 0 Å². The third-order valence-electron chi connectivity index (χ3n) is 2.33. The molecule has 0 fully saturated rings. The molecule has 4 heteroatoms. The summed E-state index contributed by atoms with van der Waals surface area (Å²) >= 11 is 0. The maximum absolute atomic E-state index is 11.5. The number of hydrogen-bond donors (Lipinski definition) is 3. The fourth-order valence-corrected chi connectivity index (χ4v) is 1.34. The van der Waals surface area contributed by atoms with Gasteiger partial charge in [-0.05, 0) is 18.1 Å². The van der Waals surface area contributed by atoms with Crippen molar-refractivity contribution in [1.29, 1.82) is 0 Å². The third-order valence-corrected chi connectivity index (χ3v) is 2.33. The Balaban J connectivity index is 2.23. The molecule has 4 nitrogen and oxygen atoms in total. The van der Waals surface area contributed by atoms with E-state index in [1.807, 2.05) is 18.5 Å². The number of aromatic amines is 1. The molecule has 0 radical (unpaired) electrons. The lowest BCUT2D eigenvalue weighted by Crippen LogP contribution is -2.40. The summed E-state index contributed by atoms with van der Waals surface area (Å²) in [5.74, 6) is -0.0651. The molecule has 0 aliphatic rings. The van der Waals surface area contributed by atoms with Crippen molar-refractivity contribution < 1.29 is 4.79 Å². The van der Waals surface area contributed by atoms with Gasteiger partial charge in [-0.3, -0.25) is 4.79 Å². The van der Waals surface area contributed by atoms with Crippen molar-refractivity contribution in [3.05, 3.63) is 24.0 Å². The number of nitrogens with two attached hydrogens (primary N) is 1. The normalized spacial score (nSPS) is 12.4. The first kappa shape index (κ1) is 11.8. The molecule has 0 saturated heterocycles. The summed E-state index contributed by atoms with van der Waals surface area (Å²) in [7, 11) is 0. The molecule has 84 valence electrons. The zero-order chi connectivity index (χ0) is 11.1. The second-order valence-corrected chi connectivity index (χ2v) is 3.69. The number of H-pyrrole nitrogens is 1. The van der Waals surface area contributed by atoms with Crippen molar-refractivity contribution in [2.75, 3.05) is 0 Å². The highest BCUT2D eigenvalue weighted by atomic mass is 16.2. The second-order valence-electron chi connectivity index (χ2n) is 3.69. The summed E-state index contributed by atoms with van der Waals surface area (Å²) in [5, 5.41) is 2.81. The number of carbonyl (C=O) groups excluding carboxylic acids is 1. The standard InChI is InChI=1S/C11H19N3O/c1-2-3-4-10(12)11(15)14-8-9-5-6-13-7-9/h5-7,10,13H,2-4,8,12H2,1H3,(H,14,15). The van der Waals surface area contributed by atoms with Gasteiger partial charge in [-0.15, -0.1) is 0 Å². The molecule has 1 amide bonds. The minimum absolute atomic E-state index is 0.0651. The van der Waals surface area contributed by atoms with Crippen LogP contribution in [0.15, 0.2) is 18.5 Å². The predicted molar refractivity (Wildman–Crippen MR) is 60.1 cm³/mol. The average molecular weight is 209 g/mol. The molecular formula is C11H19N3O. The third kappa shape index (κ3) is 4.16. The van der Waals surface area contributed by atoms with E-state index >= 15 is 0 Å². The Morgan fingerprint density at radius 2 is 2.47 bits per heavy atom. The molecule has 1 atom stereocenters. The fourth-order valence-electron chi connectivity index (χ4n) is 1.34. The molecule has 0 aliphatic carbocycles. The first-order valence-corrected chi connectivity index (χ1v) is 5.39. The van der Waals surface area contributed by atoms with Crippen LogP contribution in [0.3, 0.4) is 0 Å². The van der Waals surface area contributed by atoms with Crippen LogP contribution >= 0.6 is 0 Å². The van der Waals surface area contributed by atoms with Gasteiger partial charge >= 0.3 is 0 Å². The topological polar surface area (TPSA) is 70.9 Å². The first-order valence-electron chi connectivity index (χ1n) is 5.39. The molecule has 0 aromatic carbocycles. The van der Waals surface area contributed by atoms with Crippen LogP contribution in [-0.2, 0) is 11.3 Å². The summed E-state index contributed by atoms with van der Waals surface area (Å²) in [5.41, 5.74) is 6.78. The van der Waals surface area contributed by atoms with E-state index in [4.69, 9.17) is 5.73 Å². The SMILES string of the molecule is CCCCC(N)C(=O)NCc1cc[nH]c1. The van der Waals surface area contributed by atoms with Gasteiger partial charge in [0.15, 0.2) is 0 Å². The highest BCUT2D eigenvalue weighted by Gasteiger charge is 2.11. The minimum Gasteiger partial charge on any atom is -0.367 e. The summed E-state index contributed by atoms with van der Waals surface area (Å²) in [6, 6.07) is 1.56. The van der Waals surface area contributed by atoms with Gasteiger partial charge in [-0.1, -0.05) is 19.8 Å². The Morgan fingerprint density at radius 3 is 3.07 bits per heavy atom. The summed E-state index contributed by atoms with van der Waals surface area (Å²) in [4.78, 5) is 14.4. The molecule has 0 saturated carbocycles. The van der Waals surface area contributed by atoms with E-state index in [0.29, 0.717) is 6.54 Å². The Kier molecular flexibility index (Phi) is 4.90. The number of rotatable bonds is 6. The quantitative estimate of drug-likeness (QED) is 0.657. The lowest BCUT2D eigenvalue weighted by molar-refractivity contribution is -0.122. The van der Waals surface area contributed by atoms with Crippen LogP contribution < -0.4 is 11.1 Å². The van der Waals surface area contributed by atoms with Crippen molar-refractivity contribution in [2.24, 2.45) is 5.73 Å². The maximum Gasteiger partial charge on any atom is 0.237 e. The Bertz CT molecular complexity index is 282. The van der Waals surface area contributed by atoms with Gasteiger partial charge in [0, 0.05) is 18.9 Å². The first-order chi connectivity index (χ1) is 7.24. The second kappa shape index (κ2) is 6.24. The molecule has 1 aromatic heterocycles. The van der Waals surface area contributed by atoms with Crippen LogP contribution in [-0.4, -0.2) is 16.9 Å².